The van der Waals surface area contributed by atoms with Crippen LogP contribution in [0.25, 0.3) is 16.9 Å². The van der Waals surface area contributed by atoms with Crippen LogP contribution in [0, 0.1) is 0 Å². The summed E-state index contributed by atoms with van der Waals surface area (Å²) in [6.45, 7) is 5.38. The SMILES string of the molecule is c1ccc(-n2ncc3c(NCCN4CCOCC4)ncnc32)nc1. The van der Waals surface area contributed by atoms with Crippen LogP contribution in [0.1, 0.15) is 0 Å². The summed E-state index contributed by atoms with van der Waals surface area (Å²) in [5.74, 6) is 1.54. The molecule has 0 aliphatic carbocycles. The molecule has 1 aliphatic heterocycles. The molecular formula is C16H19N7O. The largest absolute Gasteiger partial charge is 0.379 e. The van der Waals surface area contributed by atoms with Crippen molar-refractivity contribution in [3.8, 4) is 5.82 Å². The van der Waals surface area contributed by atoms with E-state index in [-0.39, 0.29) is 0 Å². The number of pyridine rings is 1. The van der Waals surface area contributed by atoms with Crippen LogP contribution in [0.4, 0.5) is 5.82 Å². The first-order chi connectivity index (χ1) is 11.9. The minimum atomic E-state index is 0.741. The zero-order chi connectivity index (χ0) is 16.2. The van der Waals surface area contributed by atoms with Gasteiger partial charge in [0.1, 0.15) is 12.1 Å². The molecule has 1 aliphatic rings. The molecule has 3 aromatic heterocycles. The quantitative estimate of drug-likeness (QED) is 0.748. The normalized spacial score (nSPS) is 15.7. The van der Waals surface area contributed by atoms with Gasteiger partial charge in [-0.2, -0.15) is 9.78 Å². The highest BCUT2D eigenvalue weighted by atomic mass is 16.5. The van der Waals surface area contributed by atoms with Gasteiger partial charge in [0.05, 0.1) is 24.8 Å². The van der Waals surface area contributed by atoms with E-state index in [0.717, 1.165) is 62.1 Å². The van der Waals surface area contributed by atoms with Crippen molar-refractivity contribution in [2.24, 2.45) is 0 Å². The molecule has 1 saturated heterocycles. The number of hydrogen-bond acceptors (Lipinski definition) is 7. The summed E-state index contributed by atoms with van der Waals surface area (Å²) < 4.78 is 7.09. The van der Waals surface area contributed by atoms with Crippen LogP contribution >= 0.6 is 0 Å². The second-order valence-electron chi connectivity index (χ2n) is 5.58. The molecule has 1 N–H and O–H groups in total. The van der Waals surface area contributed by atoms with E-state index in [1.54, 1.807) is 23.4 Å². The summed E-state index contributed by atoms with van der Waals surface area (Å²) in [5.41, 5.74) is 0.748. The van der Waals surface area contributed by atoms with Gasteiger partial charge in [0.25, 0.3) is 0 Å². The maximum atomic E-state index is 5.37. The topological polar surface area (TPSA) is 81.0 Å². The summed E-state index contributed by atoms with van der Waals surface area (Å²) in [4.78, 5) is 15.4. The van der Waals surface area contributed by atoms with Gasteiger partial charge in [-0.1, -0.05) is 6.07 Å². The summed E-state index contributed by atoms with van der Waals surface area (Å²) in [7, 11) is 0. The van der Waals surface area contributed by atoms with Crippen LogP contribution in [0.15, 0.2) is 36.9 Å². The summed E-state index contributed by atoms with van der Waals surface area (Å²) in [6, 6.07) is 5.71. The lowest BCUT2D eigenvalue weighted by atomic mass is 10.3. The van der Waals surface area contributed by atoms with Crippen molar-refractivity contribution in [2.75, 3.05) is 44.7 Å². The van der Waals surface area contributed by atoms with Crippen molar-refractivity contribution in [1.29, 1.82) is 0 Å². The molecule has 0 radical (unpaired) electrons. The Morgan fingerprint density at radius 2 is 2.04 bits per heavy atom. The van der Waals surface area contributed by atoms with Gasteiger partial charge in [0.2, 0.25) is 0 Å². The number of fused-ring (bicyclic) bond motifs is 1. The first-order valence-corrected chi connectivity index (χ1v) is 8.06. The van der Waals surface area contributed by atoms with Crippen LogP contribution in [0.5, 0.6) is 0 Å². The Balaban J connectivity index is 1.51. The average Bonchev–Trinajstić information content (AvgIpc) is 3.08. The molecule has 124 valence electrons. The van der Waals surface area contributed by atoms with Crippen molar-refractivity contribution in [1.82, 2.24) is 29.6 Å². The smallest absolute Gasteiger partial charge is 0.170 e. The molecule has 4 heterocycles. The van der Waals surface area contributed by atoms with Crippen molar-refractivity contribution in [3.05, 3.63) is 36.9 Å². The molecule has 0 atom stereocenters. The number of rotatable bonds is 5. The van der Waals surface area contributed by atoms with Crippen LogP contribution in [0.3, 0.4) is 0 Å². The third-order valence-corrected chi connectivity index (χ3v) is 4.06. The van der Waals surface area contributed by atoms with Gasteiger partial charge in [-0.25, -0.2) is 15.0 Å². The molecule has 3 aromatic rings. The number of aromatic nitrogens is 5. The molecule has 4 rings (SSSR count). The molecule has 8 heteroatoms. The molecule has 0 saturated carbocycles. The number of nitrogens with one attached hydrogen (secondary N) is 1. The van der Waals surface area contributed by atoms with Gasteiger partial charge < -0.3 is 10.1 Å². The molecule has 0 spiro atoms. The molecule has 0 unspecified atom stereocenters. The maximum Gasteiger partial charge on any atom is 0.170 e. The zero-order valence-electron chi connectivity index (χ0n) is 13.3. The van der Waals surface area contributed by atoms with Gasteiger partial charge in [-0.15, -0.1) is 0 Å². The second-order valence-corrected chi connectivity index (χ2v) is 5.58. The van der Waals surface area contributed by atoms with Crippen molar-refractivity contribution in [3.63, 3.8) is 0 Å². The lowest BCUT2D eigenvalue weighted by Gasteiger charge is -2.26. The maximum absolute atomic E-state index is 5.37. The number of hydrogen-bond donors (Lipinski definition) is 1. The van der Waals surface area contributed by atoms with Crippen LogP contribution in [0.2, 0.25) is 0 Å². The Bertz CT molecular complexity index is 799. The minimum Gasteiger partial charge on any atom is -0.379 e. The highest BCUT2D eigenvalue weighted by Crippen LogP contribution is 2.20. The molecule has 0 aromatic carbocycles. The van der Waals surface area contributed by atoms with Crippen molar-refractivity contribution < 1.29 is 4.74 Å². The fraction of sp³-hybridized carbons (Fsp3) is 0.375. The Hall–Kier alpha value is -2.58. The molecule has 24 heavy (non-hydrogen) atoms. The first-order valence-electron chi connectivity index (χ1n) is 8.06. The van der Waals surface area contributed by atoms with Crippen molar-refractivity contribution >= 4 is 16.9 Å². The monoisotopic (exact) mass is 325 g/mol. The van der Waals surface area contributed by atoms with Gasteiger partial charge in [-0.3, -0.25) is 4.90 Å². The Morgan fingerprint density at radius 1 is 1.12 bits per heavy atom. The number of anilines is 1. The van der Waals surface area contributed by atoms with Gasteiger partial charge in [0, 0.05) is 32.4 Å². The lowest BCUT2D eigenvalue weighted by Crippen LogP contribution is -2.39. The highest BCUT2D eigenvalue weighted by Gasteiger charge is 2.13. The van der Waals surface area contributed by atoms with Gasteiger partial charge >= 0.3 is 0 Å². The summed E-state index contributed by atoms with van der Waals surface area (Å²) >= 11 is 0. The standard InChI is InChI=1S/C16H19N7O/c1-2-4-17-14(3-1)23-16-13(11-21-23)15(19-12-20-16)18-5-6-22-7-9-24-10-8-22/h1-4,11-12H,5-10H2,(H,18,19,20). The third kappa shape index (κ3) is 3.06. The van der Waals surface area contributed by atoms with E-state index >= 15 is 0 Å². The predicted molar refractivity (Wildman–Crippen MR) is 90.2 cm³/mol. The molecule has 8 nitrogen and oxygen atoms in total. The first kappa shape index (κ1) is 15.0. The van der Waals surface area contributed by atoms with Gasteiger partial charge in [-0.05, 0) is 12.1 Å². The van der Waals surface area contributed by atoms with E-state index in [2.05, 4.69) is 30.3 Å². The highest BCUT2D eigenvalue weighted by molar-refractivity contribution is 5.86. The molecule has 1 fully saturated rings. The van der Waals surface area contributed by atoms with Crippen LogP contribution in [-0.2, 0) is 4.74 Å². The Morgan fingerprint density at radius 3 is 2.88 bits per heavy atom. The van der Waals surface area contributed by atoms with E-state index in [0.29, 0.717) is 0 Å². The van der Waals surface area contributed by atoms with E-state index in [4.69, 9.17) is 4.74 Å². The molecule has 0 amide bonds. The number of morpholine rings is 1. The Kier molecular flexibility index (Phi) is 4.30. The third-order valence-electron chi connectivity index (χ3n) is 4.06. The van der Waals surface area contributed by atoms with E-state index in [1.807, 2.05) is 18.2 Å². The number of nitrogens with zero attached hydrogens (tertiary/aromatic N) is 6. The molecule has 0 bridgehead atoms. The fourth-order valence-corrected chi connectivity index (χ4v) is 2.79. The van der Waals surface area contributed by atoms with E-state index < -0.39 is 0 Å². The minimum absolute atomic E-state index is 0.741. The average molecular weight is 325 g/mol. The van der Waals surface area contributed by atoms with Crippen LogP contribution < -0.4 is 5.32 Å². The van der Waals surface area contributed by atoms with Gasteiger partial charge in [0.15, 0.2) is 11.5 Å². The lowest BCUT2D eigenvalue weighted by molar-refractivity contribution is 0.0398. The second kappa shape index (κ2) is 6.90. The van der Waals surface area contributed by atoms with Crippen molar-refractivity contribution in [2.45, 2.75) is 0 Å². The number of ether oxygens (including phenoxy) is 1. The van der Waals surface area contributed by atoms with Crippen LogP contribution in [-0.4, -0.2) is 69.0 Å². The summed E-state index contributed by atoms with van der Waals surface area (Å²) in [6.07, 6.45) is 5.08. The van der Waals surface area contributed by atoms with E-state index in [9.17, 15) is 0 Å². The predicted octanol–water partition coefficient (Wildman–Crippen LogP) is 0.955. The zero-order valence-corrected chi connectivity index (χ0v) is 13.3. The fourth-order valence-electron chi connectivity index (χ4n) is 2.79. The Labute approximate surface area is 139 Å². The molecular weight excluding hydrogens is 306 g/mol. The summed E-state index contributed by atoms with van der Waals surface area (Å²) in [5, 5.41) is 8.69. The van der Waals surface area contributed by atoms with E-state index in [1.165, 1.54) is 0 Å².